The lowest BCUT2D eigenvalue weighted by molar-refractivity contribution is -0.199. The number of nitrogens with two attached hydrogens (primary N) is 1. The second-order valence-electron chi connectivity index (χ2n) is 5.71. The predicted molar refractivity (Wildman–Crippen MR) is 67.7 cm³/mol. The van der Waals surface area contributed by atoms with Crippen molar-refractivity contribution in [2.24, 2.45) is 11.7 Å². The minimum atomic E-state index is -0.396. The summed E-state index contributed by atoms with van der Waals surface area (Å²) >= 11 is 0. The first-order valence-corrected chi connectivity index (χ1v) is 6.81. The van der Waals surface area contributed by atoms with Gasteiger partial charge in [0.2, 0.25) is 0 Å². The van der Waals surface area contributed by atoms with Crippen molar-refractivity contribution >= 4 is 0 Å². The normalized spacial score (nSPS) is 36.9. The summed E-state index contributed by atoms with van der Waals surface area (Å²) in [5.74, 6) is 0.113. The molecule has 2 fully saturated rings. The molecule has 0 bridgehead atoms. The van der Waals surface area contributed by atoms with Crippen molar-refractivity contribution < 1.29 is 9.47 Å². The molecule has 0 aromatic heterocycles. The van der Waals surface area contributed by atoms with Gasteiger partial charge in [-0.1, -0.05) is 0 Å². The van der Waals surface area contributed by atoms with Crippen LogP contribution in [0.3, 0.4) is 0 Å². The van der Waals surface area contributed by atoms with Gasteiger partial charge in [-0.05, 0) is 46.7 Å². The molecular weight excluding hydrogens is 216 g/mol. The molecule has 17 heavy (non-hydrogen) atoms. The fraction of sp³-hybridized carbons (Fsp3) is 1.00. The average Bonchev–Trinajstić information content (AvgIpc) is 2.73. The zero-order valence-electron chi connectivity index (χ0n) is 11.3. The zero-order chi connectivity index (χ0) is 12.5. The molecule has 0 saturated carbocycles. The highest BCUT2D eigenvalue weighted by Crippen LogP contribution is 2.37. The standard InChI is InChI=1S/C13H26N2O2/c1-10(2)15-6-4-11(5-7-15)13(3)16-9-12(8-14)17-13/h10-12H,4-9,14H2,1-3H3. The lowest BCUT2D eigenvalue weighted by Gasteiger charge is -2.40. The molecule has 2 saturated heterocycles. The van der Waals surface area contributed by atoms with Crippen LogP contribution >= 0.6 is 0 Å². The van der Waals surface area contributed by atoms with Crippen LogP contribution in [-0.2, 0) is 9.47 Å². The Morgan fingerprint density at radius 2 is 2.00 bits per heavy atom. The molecule has 2 N–H and O–H groups in total. The minimum Gasteiger partial charge on any atom is -0.347 e. The Balaban J connectivity index is 1.88. The van der Waals surface area contributed by atoms with Gasteiger partial charge in [0.15, 0.2) is 5.79 Å². The number of ether oxygens (including phenoxy) is 2. The highest BCUT2D eigenvalue weighted by molar-refractivity contribution is 4.87. The molecule has 0 aromatic rings. The van der Waals surface area contributed by atoms with E-state index in [1.807, 2.05) is 0 Å². The van der Waals surface area contributed by atoms with Gasteiger partial charge in [-0.25, -0.2) is 0 Å². The smallest absolute Gasteiger partial charge is 0.169 e. The Morgan fingerprint density at radius 1 is 1.35 bits per heavy atom. The van der Waals surface area contributed by atoms with Crippen molar-refractivity contribution in [2.45, 2.75) is 51.5 Å². The highest BCUT2D eigenvalue weighted by atomic mass is 16.7. The molecule has 0 radical (unpaired) electrons. The minimum absolute atomic E-state index is 0.0862. The summed E-state index contributed by atoms with van der Waals surface area (Å²) in [4.78, 5) is 2.52. The van der Waals surface area contributed by atoms with Gasteiger partial charge >= 0.3 is 0 Å². The molecular formula is C13H26N2O2. The predicted octanol–water partition coefficient (Wildman–Crippen LogP) is 1.20. The fourth-order valence-electron chi connectivity index (χ4n) is 2.93. The van der Waals surface area contributed by atoms with Crippen molar-refractivity contribution in [3.8, 4) is 0 Å². The third-order valence-corrected chi connectivity index (χ3v) is 4.22. The van der Waals surface area contributed by atoms with Crippen LogP contribution in [0.25, 0.3) is 0 Å². The quantitative estimate of drug-likeness (QED) is 0.808. The van der Waals surface area contributed by atoms with Crippen molar-refractivity contribution in [3.05, 3.63) is 0 Å². The highest BCUT2D eigenvalue weighted by Gasteiger charge is 2.44. The molecule has 100 valence electrons. The monoisotopic (exact) mass is 242 g/mol. The summed E-state index contributed by atoms with van der Waals surface area (Å²) in [6.07, 6.45) is 2.40. The van der Waals surface area contributed by atoms with Gasteiger partial charge in [-0.2, -0.15) is 0 Å². The van der Waals surface area contributed by atoms with E-state index < -0.39 is 5.79 Å². The topological polar surface area (TPSA) is 47.7 Å². The van der Waals surface area contributed by atoms with Crippen LogP contribution in [0, 0.1) is 5.92 Å². The Kier molecular flexibility index (Phi) is 4.08. The molecule has 2 aliphatic heterocycles. The summed E-state index contributed by atoms with van der Waals surface area (Å²) in [6.45, 7) is 10.1. The van der Waals surface area contributed by atoms with E-state index in [-0.39, 0.29) is 6.10 Å². The first-order chi connectivity index (χ1) is 8.05. The summed E-state index contributed by atoms with van der Waals surface area (Å²) < 4.78 is 11.8. The second-order valence-corrected chi connectivity index (χ2v) is 5.71. The van der Waals surface area contributed by atoms with Crippen molar-refractivity contribution in [3.63, 3.8) is 0 Å². The summed E-state index contributed by atoms with van der Waals surface area (Å²) in [7, 11) is 0. The third-order valence-electron chi connectivity index (χ3n) is 4.22. The number of rotatable bonds is 3. The van der Waals surface area contributed by atoms with Crippen LogP contribution in [0.2, 0.25) is 0 Å². The SMILES string of the molecule is CC(C)N1CCC(C2(C)OCC(CN)O2)CC1. The van der Waals surface area contributed by atoms with Gasteiger partial charge in [0.1, 0.15) is 0 Å². The largest absolute Gasteiger partial charge is 0.347 e. The maximum atomic E-state index is 5.97. The van der Waals surface area contributed by atoms with E-state index in [0.29, 0.717) is 25.1 Å². The molecule has 2 unspecified atom stereocenters. The van der Waals surface area contributed by atoms with Crippen LogP contribution in [-0.4, -0.2) is 49.1 Å². The van der Waals surface area contributed by atoms with E-state index in [0.717, 1.165) is 25.9 Å². The van der Waals surface area contributed by atoms with E-state index in [9.17, 15) is 0 Å². The third kappa shape index (κ3) is 2.81. The molecule has 0 amide bonds. The Morgan fingerprint density at radius 3 is 2.47 bits per heavy atom. The van der Waals surface area contributed by atoms with Gasteiger partial charge in [0.05, 0.1) is 12.7 Å². The Hall–Kier alpha value is -0.160. The molecule has 4 heteroatoms. The summed E-state index contributed by atoms with van der Waals surface area (Å²) in [6, 6.07) is 0.644. The first kappa shape index (κ1) is 13.3. The molecule has 2 atom stereocenters. The Labute approximate surface area is 104 Å². The molecule has 0 aliphatic carbocycles. The lowest BCUT2D eigenvalue weighted by atomic mass is 9.89. The average molecular weight is 242 g/mol. The maximum absolute atomic E-state index is 5.97. The van der Waals surface area contributed by atoms with E-state index in [1.54, 1.807) is 0 Å². The first-order valence-electron chi connectivity index (χ1n) is 6.81. The van der Waals surface area contributed by atoms with Crippen LogP contribution in [0.4, 0.5) is 0 Å². The molecule has 0 aromatic carbocycles. The van der Waals surface area contributed by atoms with Gasteiger partial charge in [0.25, 0.3) is 0 Å². The van der Waals surface area contributed by atoms with Gasteiger partial charge in [-0.15, -0.1) is 0 Å². The van der Waals surface area contributed by atoms with E-state index in [2.05, 4.69) is 25.7 Å². The number of nitrogens with zero attached hydrogens (tertiary/aromatic N) is 1. The van der Waals surface area contributed by atoms with E-state index in [4.69, 9.17) is 15.2 Å². The van der Waals surface area contributed by atoms with Gasteiger partial charge in [-0.3, -0.25) is 0 Å². The van der Waals surface area contributed by atoms with Crippen molar-refractivity contribution in [1.82, 2.24) is 4.90 Å². The lowest BCUT2D eigenvalue weighted by Crippen LogP contribution is -2.46. The molecule has 2 aliphatic rings. The maximum Gasteiger partial charge on any atom is 0.169 e. The summed E-state index contributed by atoms with van der Waals surface area (Å²) in [5, 5.41) is 0. The number of hydrogen-bond acceptors (Lipinski definition) is 4. The van der Waals surface area contributed by atoms with Crippen molar-refractivity contribution in [1.29, 1.82) is 0 Å². The van der Waals surface area contributed by atoms with Crippen LogP contribution in [0.1, 0.15) is 33.6 Å². The van der Waals surface area contributed by atoms with E-state index >= 15 is 0 Å². The van der Waals surface area contributed by atoms with Gasteiger partial charge < -0.3 is 20.1 Å². The van der Waals surface area contributed by atoms with Crippen LogP contribution in [0.15, 0.2) is 0 Å². The second kappa shape index (κ2) is 5.22. The number of piperidine rings is 1. The zero-order valence-corrected chi connectivity index (χ0v) is 11.3. The van der Waals surface area contributed by atoms with Crippen LogP contribution < -0.4 is 5.73 Å². The number of hydrogen-bond donors (Lipinski definition) is 1. The fourth-order valence-corrected chi connectivity index (χ4v) is 2.93. The van der Waals surface area contributed by atoms with E-state index in [1.165, 1.54) is 0 Å². The van der Waals surface area contributed by atoms with Crippen molar-refractivity contribution in [2.75, 3.05) is 26.2 Å². The van der Waals surface area contributed by atoms with Crippen LogP contribution in [0.5, 0.6) is 0 Å². The Bertz CT molecular complexity index is 252. The molecule has 2 rings (SSSR count). The molecule has 0 spiro atoms. The molecule has 2 heterocycles. The van der Waals surface area contributed by atoms with Gasteiger partial charge in [0, 0.05) is 18.5 Å². The molecule has 4 nitrogen and oxygen atoms in total. The summed E-state index contributed by atoms with van der Waals surface area (Å²) in [5.41, 5.74) is 5.63. The number of likely N-dealkylation sites (tertiary alicyclic amines) is 1.